The Morgan fingerprint density at radius 1 is 1.29 bits per heavy atom. The van der Waals surface area contributed by atoms with Crippen LogP contribution in [0.5, 0.6) is 5.75 Å². The minimum absolute atomic E-state index is 0.0335. The lowest BCUT2D eigenvalue weighted by Crippen LogP contribution is -2.23. The van der Waals surface area contributed by atoms with Crippen LogP contribution in [0.3, 0.4) is 0 Å². The van der Waals surface area contributed by atoms with Gasteiger partial charge in [0.05, 0.1) is 11.1 Å². The fourth-order valence-corrected chi connectivity index (χ4v) is 3.11. The predicted molar refractivity (Wildman–Crippen MR) is 72.6 cm³/mol. The molecule has 1 aromatic rings. The van der Waals surface area contributed by atoms with E-state index in [0.29, 0.717) is 5.75 Å². The van der Waals surface area contributed by atoms with Gasteiger partial charge in [0.15, 0.2) is 0 Å². The number of aromatic hydroxyl groups is 1. The summed E-state index contributed by atoms with van der Waals surface area (Å²) in [6, 6.07) is 2.07. The van der Waals surface area contributed by atoms with Gasteiger partial charge in [-0.25, -0.2) is 0 Å². The summed E-state index contributed by atoms with van der Waals surface area (Å²) in [5, 5.41) is 19.7. The van der Waals surface area contributed by atoms with Gasteiger partial charge >= 0.3 is 0 Å². The highest BCUT2D eigenvalue weighted by molar-refractivity contribution is 9.10. The topological polar surface area (TPSA) is 40.5 Å². The van der Waals surface area contributed by atoms with Crippen molar-refractivity contribution < 1.29 is 10.2 Å². The van der Waals surface area contributed by atoms with Gasteiger partial charge in [-0.3, -0.25) is 0 Å². The lowest BCUT2D eigenvalue weighted by Gasteiger charge is -2.27. The molecule has 1 aromatic carbocycles. The van der Waals surface area contributed by atoms with Crippen molar-refractivity contribution in [3.05, 3.63) is 27.2 Å². The first-order valence-corrected chi connectivity index (χ1v) is 6.91. The summed E-state index contributed by atoms with van der Waals surface area (Å²) in [6.07, 6.45) is 4.50. The van der Waals surface area contributed by atoms with Gasteiger partial charge in [0, 0.05) is 11.0 Å². The largest absolute Gasteiger partial charge is 0.506 e. The minimum atomic E-state index is -0.404. The Kier molecular flexibility index (Phi) is 3.50. The second-order valence-electron chi connectivity index (χ2n) is 5.47. The smallest absolute Gasteiger partial charge is 0.133 e. The number of aliphatic hydroxyl groups is 1. The molecule has 0 bridgehead atoms. The van der Waals surface area contributed by atoms with E-state index >= 15 is 0 Å². The highest BCUT2D eigenvalue weighted by atomic mass is 79.9. The van der Waals surface area contributed by atoms with E-state index in [1.54, 1.807) is 0 Å². The second-order valence-corrected chi connectivity index (χ2v) is 6.27. The second kappa shape index (κ2) is 4.62. The number of halogens is 1. The number of hydrogen-bond donors (Lipinski definition) is 2. The molecule has 0 saturated heterocycles. The van der Waals surface area contributed by atoms with Crippen LogP contribution in [-0.4, -0.2) is 16.8 Å². The van der Waals surface area contributed by atoms with E-state index in [2.05, 4.69) is 22.0 Å². The molecule has 0 aliphatic heterocycles. The van der Waals surface area contributed by atoms with Crippen LogP contribution in [0.25, 0.3) is 0 Å². The quantitative estimate of drug-likeness (QED) is 0.879. The van der Waals surface area contributed by atoms with Gasteiger partial charge in [0.25, 0.3) is 0 Å². The van der Waals surface area contributed by atoms with Crippen molar-refractivity contribution in [3.8, 4) is 5.75 Å². The van der Waals surface area contributed by atoms with E-state index in [-0.39, 0.29) is 6.61 Å². The van der Waals surface area contributed by atoms with Crippen LogP contribution >= 0.6 is 15.9 Å². The number of aryl methyl sites for hydroxylation is 1. The number of benzene rings is 1. The Balaban J connectivity index is 2.59. The average Bonchev–Trinajstić information content (AvgIpc) is 2.33. The molecule has 1 aliphatic carbocycles. The van der Waals surface area contributed by atoms with E-state index in [1.165, 1.54) is 24.0 Å². The third-order valence-corrected chi connectivity index (χ3v) is 4.54. The molecule has 0 saturated carbocycles. The van der Waals surface area contributed by atoms with E-state index < -0.39 is 5.41 Å². The molecule has 2 nitrogen and oxygen atoms in total. The highest BCUT2D eigenvalue weighted by Crippen LogP contribution is 2.42. The average molecular weight is 299 g/mol. The van der Waals surface area contributed by atoms with Crippen molar-refractivity contribution in [2.75, 3.05) is 6.61 Å². The molecule has 17 heavy (non-hydrogen) atoms. The Bertz CT molecular complexity index is 438. The van der Waals surface area contributed by atoms with Crippen molar-refractivity contribution >= 4 is 15.9 Å². The Hall–Kier alpha value is -0.540. The van der Waals surface area contributed by atoms with Crippen LogP contribution in [-0.2, 0) is 18.3 Å². The van der Waals surface area contributed by atoms with Crippen LogP contribution in [0.2, 0.25) is 0 Å². The van der Waals surface area contributed by atoms with Crippen molar-refractivity contribution in [2.45, 2.75) is 44.9 Å². The summed E-state index contributed by atoms with van der Waals surface area (Å²) in [5.41, 5.74) is 3.00. The van der Waals surface area contributed by atoms with Crippen molar-refractivity contribution in [1.29, 1.82) is 0 Å². The van der Waals surface area contributed by atoms with Gasteiger partial charge in [-0.15, -0.1) is 0 Å². The maximum absolute atomic E-state index is 10.3. The van der Waals surface area contributed by atoms with E-state index in [9.17, 15) is 10.2 Å². The number of phenolic OH excluding ortho intramolecular Hbond substituents is 1. The molecule has 0 fully saturated rings. The van der Waals surface area contributed by atoms with Crippen LogP contribution in [0.15, 0.2) is 10.5 Å². The zero-order valence-corrected chi connectivity index (χ0v) is 12.0. The predicted octanol–water partition coefficient (Wildman–Crippen LogP) is 3.30. The number of aliphatic hydroxyl groups excluding tert-OH is 1. The summed E-state index contributed by atoms with van der Waals surface area (Å²) in [6.45, 7) is 3.93. The molecule has 0 radical (unpaired) electrons. The fraction of sp³-hybridized carbons (Fsp3) is 0.571. The molecule has 0 atom stereocenters. The van der Waals surface area contributed by atoms with Gasteiger partial charge < -0.3 is 10.2 Å². The third-order valence-electron chi connectivity index (χ3n) is 3.68. The number of hydrogen-bond acceptors (Lipinski definition) is 2. The van der Waals surface area contributed by atoms with E-state index in [4.69, 9.17) is 0 Å². The van der Waals surface area contributed by atoms with E-state index in [0.717, 1.165) is 22.9 Å². The molecule has 94 valence electrons. The van der Waals surface area contributed by atoms with Gasteiger partial charge in [-0.05, 0) is 52.7 Å². The Morgan fingerprint density at radius 3 is 2.59 bits per heavy atom. The summed E-state index contributed by atoms with van der Waals surface area (Å²) in [5.74, 6) is 0.296. The van der Waals surface area contributed by atoms with Gasteiger partial charge in [-0.1, -0.05) is 19.9 Å². The third kappa shape index (κ3) is 2.23. The van der Waals surface area contributed by atoms with Crippen molar-refractivity contribution in [3.63, 3.8) is 0 Å². The van der Waals surface area contributed by atoms with Crippen LogP contribution < -0.4 is 0 Å². The zero-order valence-electron chi connectivity index (χ0n) is 10.4. The normalized spacial score (nSPS) is 15.8. The summed E-state index contributed by atoms with van der Waals surface area (Å²) in [7, 11) is 0. The van der Waals surface area contributed by atoms with E-state index in [1.807, 2.05) is 13.8 Å². The summed E-state index contributed by atoms with van der Waals surface area (Å²) < 4.78 is 0.825. The van der Waals surface area contributed by atoms with Crippen molar-refractivity contribution in [1.82, 2.24) is 0 Å². The van der Waals surface area contributed by atoms with Gasteiger partial charge in [0.2, 0.25) is 0 Å². The lowest BCUT2D eigenvalue weighted by atomic mass is 9.80. The lowest BCUT2D eigenvalue weighted by molar-refractivity contribution is 0.215. The first kappa shape index (κ1) is 12.9. The molecular weight excluding hydrogens is 280 g/mol. The molecular formula is C14H19BrO2. The molecule has 0 aromatic heterocycles. The monoisotopic (exact) mass is 298 g/mol. The molecule has 3 heteroatoms. The minimum Gasteiger partial charge on any atom is -0.506 e. The summed E-state index contributed by atoms with van der Waals surface area (Å²) in [4.78, 5) is 0. The fourth-order valence-electron chi connectivity index (χ4n) is 2.44. The molecule has 0 unspecified atom stereocenters. The van der Waals surface area contributed by atoms with Crippen molar-refractivity contribution in [2.24, 2.45) is 0 Å². The van der Waals surface area contributed by atoms with Crippen LogP contribution in [0.1, 0.15) is 43.4 Å². The molecule has 0 spiro atoms. The summed E-state index contributed by atoms with van der Waals surface area (Å²) >= 11 is 3.51. The molecule has 2 rings (SSSR count). The SMILES string of the molecule is CC(C)(CO)c1cc2c(c(Br)c1O)CCCC2. The number of rotatable bonds is 2. The van der Waals surface area contributed by atoms with Gasteiger partial charge in [0.1, 0.15) is 5.75 Å². The van der Waals surface area contributed by atoms with Crippen LogP contribution in [0.4, 0.5) is 0 Å². The van der Waals surface area contributed by atoms with Gasteiger partial charge in [-0.2, -0.15) is 0 Å². The Morgan fingerprint density at radius 2 is 1.94 bits per heavy atom. The Labute approximate surface area is 111 Å². The maximum Gasteiger partial charge on any atom is 0.133 e. The number of phenols is 1. The molecule has 0 heterocycles. The molecule has 1 aliphatic rings. The highest BCUT2D eigenvalue weighted by Gasteiger charge is 2.27. The zero-order chi connectivity index (χ0) is 12.6. The standard InChI is InChI=1S/C14H19BrO2/c1-14(2,8-16)11-7-9-5-3-4-6-10(9)12(15)13(11)17/h7,16-17H,3-6,8H2,1-2H3. The maximum atomic E-state index is 10.3. The molecule has 0 amide bonds. The molecule has 2 N–H and O–H groups in total. The number of fused-ring (bicyclic) bond motifs is 1. The first-order chi connectivity index (χ1) is 7.97. The van der Waals surface area contributed by atoms with Crippen LogP contribution in [0, 0.1) is 0 Å². The first-order valence-electron chi connectivity index (χ1n) is 6.12.